The van der Waals surface area contributed by atoms with Gasteiger partial charge in [-0.3, -0.25) is 9.79 Å². The van der Waals surface area contributed by atoms with Crippen LogP contribution in [-0.2, 0) is 9.59 Å². The van der Waals surface area contributed by atoms with Gasteiger partial charge in [-0.25, -0.2) is 0 Å². The van der Waals surface area contributed by atoms with Crippen LogP contribution < -0.4 is 5.32 Å². The molecule has 1 aliphatic rings. The molecule has 0 aromatic carbocycles. The summed E-state index contributed by atoms with van der Waals surface area (Å²) < 4.78 is 0. The summed E-state index contributed by atoms with van der Waals surface area (Å²) in [6.45, 7) is 6.28. The van der Waals surface area contributed by atoms with Gasteiger partial charge >= 0.3 is 0 Å². The molecule has 0 fully saturated rings. The van der Waals surface area contributed by atoms with Crippen LogP contribution in [-0.4, -0.2) is 31.0 Å². The molecule has 4 nitrogen and oxygen atoms in total. The lowest BCUT2D eigenvalue weighted by atomic mass is 9.84. The number of ketones is 1. The summed E-state index contributed by atoms with van der Waals surface area (Å²) in [5.74, 6) is 1.51. The van der Waals surface area contributed by atoms with Gasteiger partial charge in [0, 0.05) is 31.2 Å². The highest BCUT2D eigenvalue weighted by molar-refractivity contribution is 5.88. The number of rotatable bonds is 35. The Morgan fingerprint density at radius 1 is 0.652 bits per heavy atom. The van der Waals surface area contributed by atoms with Crippen molar-refractivity contribution in [2.24, 2.45) is 16.8 Å². The van der Waals surface area contributed by atoms with Crippen molar-refractivity contribution >= 4 is 17.9 Å². The summed E-state index contributed by atoms with van der Waals surface area (Å²) in [6.07, 6.45) is 45.3. The van der Waals surface area contributed by atoms with Crippen LogP contribution in [0.3, 0.4) is 0 Å². The molecule has 0 aromatic heterocycles. The second-order valence-corrected chi connectivity index (χ2v) is 14.0. The van der Waals surface area contributed by atoms with Crippen molar-refractivity contribution in [2.75, 3.05) is 13.1 Å². The zero-order valence-electron chi connectivity index (χ0n) is 30.7. The van der Waals surface area contributed by atoms with Crippen molar-refractivity contribution in [1.29, 1.82) is 0 Å². The third-order valence-electron chi connectivity index (χ3n) is 9.74. The number of aldehydes is 1. The van der Waals surface area contributed by atoms with Gasteiger partial charge in [-0.2, -0.15) is 0 Å². The van der Waals surface area contributed by atoms with Gasteiger partial charge in [0.25, 0.3) is 0 Å². The van der Waals surface area contributed by atoms with Crippen LogP contribution in [0.15, 0.2) is 29.3 Å². The molecule has 0 aromatic rings. The average Bonchev–Trinajstić information content (AvgIpc) is 3.61. The first-order valence-corrected chi connectivity index (χ1v) is 20.3. The van der Waals surface area contributed by atoms with E-state index in [0.717, 1.165) is 50.9 Å². The molecule has 0 spiro atoms. The molecule has 2 atom stereocenters. The third kappa shape index (κ3) is 25.4. The smallest absolute Gasteiger partial charge is 0.136 e. The number of hydrogen-bond acceptors (Lipinski definition) is 4. The Kier molecular flexibility index (Phi) is 30.5. The van der Waals surface area contributed by atoms with E-state index in [1.807, 2.05) is 0 Å². The first kappa shape index (κ1) is 42.3. The van der Waals surface area contributed by atoms with Crippen LogP contribution in [0.2, 0.25) is 0 Å². The van der Waals surface area contributed by atoms with Crippen molar-refractivity contribution in [3.8, 4) is 0 Å². The van der Waals surface area contributed by atoms with E-state index in [1.54, 1.807) is 0 Å². The van der Waals surface area contributed by atoms with Gasteiger partial charge in [-0.15, -0.1) is 0 Å². The van der Waals surface area contributed by atoms with Gasteiger partial charge in [-0.1, -0.05) is 141 Å². The Balaban J connectivity index is 2.21. The number of aliphatic imine (C=N–C) groups is 1. The molecule has 0 radical (unpaired) electrons. The highest BCUT2D eigenvalue weighted by atomic mass is 16.1. The summed E-state index contributed by atoms with van der Waals surface area (Å²) in [5, 5.41) is 3.48. The van der Waals surface area contributed by atoms with Crippen LogP contribution in [0.4, 0.5) is 0 Å². The zero-order chi connectivity index (χ0) is 33.2. The monoisotopic (exact) mass is 641 g/mol. The SMILES string of the molecule is CCCCCCCC/C=C\CCCCCCCC(=O)C(CC=O)CC(CCCCCC/C=C\CCCCCCCC)C1=NCCN1. The van der Waals surface area contributed by atoms with Crippen LogP contribution in [0, 0.1) is 11.8 Å². The Bertz CT molecular complexity index is 787. The molecule has 266 valence electrons. The highest BCUT2D eigenvalue weighted by Gasteiger charge is 2.26. The fourth-order valence-electron chi connectivity index (χ4n) is 6.73. The lowest BCUT2D eigenvalue weighted by Gasteiger charge is -2.22. The maximum Gasteiger partial charge on any atom is 0.136 e. The molecule has 1 heterocycles. The van der Waals surface area contributed by atoms with Crippen molar-refractivity contribution in [3.05, 3.63) is 24.3 Å². The first-order chi connectivity index (χ1) is 22.7. The molecule has 0 bridgehead atoms. The van der Waals surface area contributed by atoms with Gasteiger partial charge < -0.3 is 10.1 Å². The molecule has 0 aliphatic carbocycles. The summed E-state index contributed by atoms with van der Waals surface area (Å²) in [6, 6.07) is 0. The predicted octanol–water partition coefficient (Wildman–Crippen LogP) is 12.5. The largest absolute Gasteiger partial charge is 0.372 e. The van der Waals surface area contributed by atoms with E-state index in [9.17, 15) is 9.59 Å². The van der Waals surface area contributed by atoms with Crippen molar-refractivity contribution in [1.82, 2.24) is 5.32 Å². The van der Waals surface area contributed by atoms with E-state index in [1.165, 1.54) is 148 Å². The Hall–Kier alpha value is -1.71. The number of nitrogens with one attached hydrogen (secondary N) is 1. The normalized spacial score (nSPS) is 14.6. The Morgan fingerprint density at radius 3 is 1.57 bits per heavy atom. The van der Waals surface area contributed by atoms with E-state index in [0.29, 0.717) is 18.6 Å². The molecular formula is C42H76N2O2. The Labute approximate surface area is 286 Å². The van der Waals surface area contributed by atoms with Crippen LogP contribution in [0.1, 0.15) is 200 Å². The van der Waals surface area contributed by atoms with Gasteiger partial charge in [-0.05, 0) is 70.6 Å². The minimum Gasteiger partial charge on any atom is -0.372 e. The number of carbonyl (C=O) groups is 2. The topological polar surface area (TPSA) is 58.5 Å². The number of Topliss-reactive ketones (excluding diaryl/α,β-unsaturated/α-hetero) is 1. The number of amidine groups is 1. The molecule has 1 rings (SSSR count). The lowest BCUT2D eigenvalue weighted by Crippen LogP contribution is -2.30. The average molecular weight is 641 g/mol. The summed E-state index contributed by atoms with van der Waals surface area (Å²) >= 11 is 0. The lowest BCUT2D eigenvalue weighted by molar-refractivity contribution is -0.125. The van der Waals surface area contributed by atoms with Crippen LogP contribution in [0.5, 0.6) is 0 Å². The molecular weight excluding hydrogens is 564 g/mol. The number of nitrogens with zero attached hydrogens (tertiary/aromatic N) is 1. The fraction of sp³-hybridized carbons (Fsp3) is 0.833. The maximum atomic E-state index is 13.2. The van der Waals surface area contributed by atoms with Crippen LogP contribution >= 0.6 is 0 Å². The molecule has 0 saturated heterocycles. The van der Waals surface area contributed by atoms with E-state index in [2.05, 4.69) is 43.5 Å². The van der Waals surface area contributed by atoms with E-state index >= 15 is 0 Å². The molecule has 1 N–H and O–H groups in total. The predicted molar refractivity (Wildman–Crippen MR) is 202 cm³/mol. The minimum atomic E-state index is -0.152. The Morgan fingerprint density at radius 2 is 1.11 bits per heavy atom. The van der Waals surface area contributed by atoms with Crippen molar-refractivity contribution in [2.45, 2.75) is 200 Å². The summed E-state index contributed by atoms with van der Waals surface area (Å²) in [5.41, 5.74) is 0. The zero-order valence-corrected chi connectivity index (χ0v) is 30.7. The first-order valence-electron chi connectivity index (χ1n) is 20.3. The standard InChI is InChI=1S/C42H76N2O2/c1-3-5-7-9-11-13-15-17-19-21-23-25-27-29-31-33-41(46)39(34-37-45)38-40(42-43-35-36-44-42)32-30-28-26-24-22-20-18-16-14-12-10-8-6-4-2/h17-20,37,39-40H,3-16,21-36,38H2,1-2H3,(H,43,44)/b19-17-,20-18-. The third-order valence-corrected chi connectivity index (χ3v) is 9.74. The highest BCUT2D eigenvalue weighted by Crippen LogP contribution is 2.25. The second-order valence-electron chi connectivity index (χ2n) is 14.0. The van der Waals surface area contributed by atoms with Crippen molar-refractivity contribution in [3.63, 3.8) is 0 Å². The van der Waals surface area contributed by atoms with Crippen molar-refractivity contribution < 1.29 is 9.59 Å². The van der Waals surface area contributed by atoms with Gasteiger partial charge in [0.15, 0.2) is 0 Å². The van der Waals surface area contributed by atoms with E-state index in [4.69, 9.17) is 4.99 Å². The van der Waals surface area contributed by atoms with Gasteiger partial charge in [0.1, 0.15) is 12.1 Å². The van der Waals surface area contributed by atoms with E-state index in [-0.39, 0.29) is 11.8 Å². The number of allylic oxidation sites excluding steroid dienone is 4. The number of hydrogen-bond donors (Lipinski definition) is 1. The number of carbonyl (C=O) groups excluding carboxylic acids is 2. The molecule has 0 saturated carbocycles. The van der Waals surface area contributed by atoms with E-state index < -0.39 is 0 Å². The molecule has 2 unspecified atom stereocenters. The molecule has 0 amide bonds. The fourth-order valence-corrected chi connectivity index (χ4v) is 6.73. The quantitative estimate of drug-likeness (QED) is 0.0426. The summed E-state index contributed by atoms with van der Waals surface area (Å²) in [7, 11) is 0. The number of unbranched alkanes of at least 4 members (excludes halogenated alkanes) is 21. The van der Waals surface area contributed by atoms with Gasteiger partial charge in [0.2, 0.25) is 0 Å². The maximum absolute atomic E-state index is 13.2. The molecule has 1 aliphatic heterocycles. The molecule has 4 heteroatoms. The van der Waals surface area contributed by atoms with Gasteiger partial charge in [0.05, 0.1) is 12.4 Å². The molecule has 46 heavy (non-hydrogen) atoms. The summed E-state index contributed by atoms with van der Waals surface area (Å²) in [4.78, 5) is 29.4. The van der Waals surface area contributed by atoms with Crippen LogP contribution in [0.25, 0.3) is 0 Å². The second kappa shape index (κ2) is 33.2. The minimum absolute atomic E-state index is 0.152.